The lowest BCUT2D eigenvalue weighted by Crippen LogP contribution is -2.14. The van der Waals surface area contributed by atoms with E-state index in [9.17, 15) is 10.2 Å². The van der Waals surface area contributed by atoms with Crippen molar-refractivity contribution in [2.75, 3.05) is 0 Å². The summed E-state index contributed by atoms with van der Waals surface area (Å²) in [7, 11) is 0. The molecule has 0 aliphatic heterocycles. The van der Waals surface area contributed by atoms with E-state index in [2.05, 4.69) is 93.5 Å². The Hall–Kier alpha value is -14.2. The van der Waals surface area contributed by atoms with Gasteiger partial charge in [0.1, 0.15) is 80.5 Å². The Morgan fingerprint density at radius 1 is 0.200 bits per heavy atom. The fraction of sp³-hybridized carbons (Fsp3) is 0.333. The monoisotopic (exact) mass is 2060 g/mol. The van der Waals surface area contributed by atoms with Gasteiger partial charge < -0.3 is 71.5 Å². The maximum atomic E-state index is 9.24. The second kappa shape index (κ2) is 79.0. The minimum Gasteiger partial charge on any atom is -0.508 e. The van der Waals surface area contributed by atoms with Crippen molar-refractivity contribution >= 4 is 11.6 Å². The van der Waals surface area contributed by atoms with Crippen LogP contribution in [-0.2, 0) is 37.5 Å². The largest absolute Gasteiger partial charge is 0.508 e. The molecule has 810 valence electrons. The molecule has 0 radical (unpaired) electrons. The molecule has 150 heavy (non-hydrogen) atoms. The lowest BCUT2D eigenvalue weighted by atomic mass is 9.82. The number of hydrogen-bond donors (Lipinski definition) is 14. The molecule has 15 heteroatoms. The molecule has 0 saturated carbocycles. The Morgan fingerprint density at radius 3 is 0.867 bits per heavy atom. The zero-order valence-electron chi connectivity index (χ0n) is 94.2. The molecule has 0 atom stereocenters. The second-order valence-electron chi connectivity index (χ2n) is 38.2. The molecular weight excluding hydrogens is 1880 g/mol. The predicted octanol–water partition coefficient (Wildman–Crippen LogP) is 37.2. The SMILES string of the molecule is CCC(C)(C)c1ccc(O)cc1.CCCCCCC.CCCCCCc1ccc(O)cc1.CCCCCc1ccc(O)cc1.CCCCc1ccc(-c2ccc(O)cc2)cc1.CCCc1ccc(O)cc1.CCc1ccc(O)cc1.Cc1cc(O)cc(C)c1Cl.Cc1ccc(C)c(O)c1.Cc1ccc(O)c(C)c1.Cc1ccc(O)cc1.Cc1ccc(O)cc1C.Cc1cccc(C)c1O.Cc1cccc(O)c1.Cc1ccccc1O. The van der Waals surface area contributed by atoms with Crippen LogP contribution in [0.5, 0.6) is 80.5 Å². The molecule has 0 aromatic heterocycles. The molecule has 14 N–H and O–H groups in total. The summed E-state index contributed by atoms with van der Waals surface area (Å²) in [4.78, 5) is 0. The van der Waals surface area contributed by atoms with Crippen molar-refractivity contribution in [3.8, 4) is 91.6 Å². The molecule has 0 fully saturated rings. The van der Waals surface area contributed by atoms with Crippen LogP contribution in [0.1, 0.15) is 278 Å². The van der Waals surface area contributed by atoms with Gasteiger partial charge in [0.05, 0.1) is 0 Å². The number of rotatable bonds is 22. The highest BCUT2D eigenvalue weighted by Crippen LogP contribution is 2.31. The smallest absolute Gasteiger partial charge is 0.121 e. The van der Waals surface area contributed by atoms with Crippen molar-refractivity contribution in [1.82, 2.24) is 0 Å². The van der Waals surface area contributed by atoms with Gasteiger partial charge in [0.25, 0.3) is 0 Å². The average Bonchev–Trinajstić information content (AvgIpc) is 0.870. The van der Waals surface area contributed by atoms with Gasteiger partial charge in [0.2, 0.25) is 0 Å². The zero-order chi connectivity index (χ0) is 112. The topological polar surface area (TPSA) is 283 Å². The van der Waals surface area contributed by atoms with E-state index >= 15 is 0 Å². The van der Waals surface area contributed by atoms with Crippen LogP contribution in [-0.4, -0.2) is 71.5 Å². The van der Waals surface area contributed by atoms with Crippen LogP contribution in [0.2, 0.25) is 5.02 Å². The summed E-state index contributed by atoms with van der Waals surface area (Å²) in [6.07, 6.45) is 26.3. The van der Waals surface area contributed by atoms with Crippen LogP contribution < -0.4 is 0 Å². The number of unbranched alkanes of at least 4 members (excludes halogenated alkanes) is 10. The van der Waals surface area contributed by atoms with E-state index in [1.807, 2.05) is 254 Å². The van der Waals surface area contributed by atoms with Crippen LogP contribution in [0.4, 0.5) is 0 Å². The van der Waals surface area contributed by atoms with E-state index < -0.39 is 0 Å². The number of benzene rings is 15. The van der Waals surface area contributed by atoms with Crippen molar-refractivity contribution in [3.05, 3.63) is 438 Å². The van der Waals surface area contributed by atoms with Gasteiger partial charge in [0.15, 0.2) is 0 Å². The lowest BCUT2D eigenvalue weighted by Gasteiger charge is -2.22. The first-order chi connectivity index (χ1) is 71.4. The van der Waals surface area contributed by atoms with E-state index in [-0.39, 0.29) is 11.2 Å². The highest BCUT2D eigenvalue weighted by molar-refractivity contribution is 6.32. The van der Waals surface area contributed by atoms with Crippen LogP contribution in [0, 0.1) is 90.0 Å². The van der Waals surface area contributed by atoms with Gasteiger partial charge in [-0.2, -0.15) is 0 Å². The minimum atomic E-state index is 0.216. The maximum Gasteiger partial charge on any atom is 0.121 e. The van der Waals surface area contributed by atoms with Gasteiger partial charge in [-0.1, -0.05) is 357 Å². The molecule has 0 unspecified atom stereocenters. The zero-order valence-corrected chi connectivity index (χ0v) is 94.9. The molecule has 15 aromatic carbocycles. The number of aromatic hydroxyl groups is 14. The molecule has 0 saturated heterocycles. The van der Waals surface area contributed by atoms with E-state index in [4.69, 9.17) is 72.9 Å². The maximum absolute atomic E-state index is 9.24. The van der Waals surface area contributed by atoms with Crippen molar-refractivity contribution in [2.45, 2.75) is 299 Å². The fourth-order valence-electron chi connectivity index (χ4n) is 13.8. The third kappa shape index (κ3) is 63.5. The summed E-state index contributed by atoms with van der Waals surface area (Å²) in [5, 5.41) is 127. The van der Waals surface area contributed by atoms with Gasteiger partial charge in [-0.05, 0) is 398 Å². The highest BCUT2D eigenvalue weighted by atomic mass is 35.5. The summed E-state index contributed by atoms with van der Waals surface area (Å²) in [6.45, 7) is 47.0. The number of para-hydroxylation sites is 2. The first-order valence-corrected chi connectivity index (χ1v) is 53.3. The second-order valence-corrected chi connectivity index (χ2v) is 38.6. The molecule has 0 aliphatic carbocycles. The normalized spacial score (nSPS) is 9.87. The number of aryl methyl sites for hydroxylation is 18. The third-order valence-electron chi connectivity index (χ3n) is 24.0. The number of phenols is 14. The van der Waals surface area contributed by atoms with Crippen LogP contribution >= 0.6 is 11.6 Å². The summed E-state index contributed by atoms with van der Waals surface area (Å²) in [5.74, 6) is 4.89. The standard InChI is InChI=1S/C16H18O.C12H18O.2C11H16O.C9H12O.C8H9ClO.5C8H10O.3C7H8O.C7H16/c1-2-3-4-13-5-7-14(8-6-13)15-9-11-16(17)12-10-15;1-2-3-4-5-6-11-7-9-12(13)10-8-11;1-4-11(2,3)9-5-7-10(12)8-6-9;1-2-3-4-5-10-6-8-11(12)9-7-10;1-2-3-8-4-6-9(10)7-5-8;1-5-3-7(10)4-6(2)8(5)9;1-6-3-4-8(9)5-7(6)2;1-6-3-4-8(9)7(2)5-6;1-6-3-4-7(2)8(9)5-6;1-6-4-3-5-7(2)8(6)9;1-2-7-3-5-8(9)6-4-7;1-6-2-4-7(8)5-3-6;1-6-3-2-4-7(8)5-6;1-6-4-2-3-5-7(6)8;1-3-5-7-6-4-2/h5-12,17H,2-4H2,1H3;7-10,13H,2-6H2,1H3;5-8,12H,4H2,1-3H3;6-9,12H,2-5H2,1H3;4-7,10H,2-3H2,1H3;3-4,10H,1-2H3;4*3-5,9H,1-2H3;3-6,9H,2H2,1H3;3*2-5,8H,1H3;3-7H2,1-2H3. The Kier molecular flexibility index (Phi) is 70.4. The molecule has 0 heterocycles. The van der Waals surface area contributed by atoms with E-state index in [0.29, 0.717) is 74.7 Å². The lowest BCUT2D eigenvalue weighted by molar-refractivity contribution is 0.466. The van der Waals surface area contributed by atoms with Gasteiger partial charge in [-0.25, -0.2) is 0 Å². The van der Waals surface area contributed by atoms with E-state index in [1.54, 1.807) is 140 Å². The van der Waals surface area contributed by atoms with Gasteiger partial charge in [-0.3, -0.25) is 0 Å². The molecule has 0 aliphatic rings. The van der Waals surface area contributed by atoms with Gasteiger partial charge in [0, 0.05) is 5.02 Å². The molecule has 15 rings (SSSR count). The molecule has 15 aromatic rings. The van der Waals surface area contributed by atoms with Crippen molar-refractivity contribution in [2.24, 2.45) is 0 Å². The van der Waals surface area contributed by atoms with E-state index in [0.717, 1.165) is 111 Å². The fourth-order valence-corrected chi connectivity index (χ4v) is 13.9. The highest BCUT2D eigenvalue weighted by Gasteiger charge is 2.17. The Morgan fingerprint density at radius 2 is 0.513 bits per heavy atom. The quantitative estimate of drug-likeness (QED) is 0.0281. The predicted molar refractivity (Wildman–Crippen MR) is 636 cm³/mol. The summed E-state index contributed by atoms with van der Waals surface area (Å²) in [5.41, 5.74) is 23.8. The number of hydrogen-bond acceptors (Lipinski definition) is 14. The Labute approximate surface area is 906 Å². The molecule has 0 amide bonds. The number of halogens is 1. The molecular formula is C135H179ClO14. The Bertz CT molecular complexity index is 5800. The van der Waals surface area contributed by atoms with Crippen LogP contribution in [0.3, 0.4) is 0 Å². The first-order valence-electron chi connectivity index (χ1n) is 52.9. The van der Waals surface area contributed by atoms with Crippen molar-refractivity contribution in [1.29, 1.82) is 0 Å². The summed E-state index contributed by atoms with van der Waals surface area (Å²) in [6, 6.07) is 100. The molecule has 0 spiro atoms. The van der Waals surface area contributed by atoms with E-state index in [1.165, 1.54) is 146 Å². The average molecular weight is 2060 g/mol. The van der Waals surface area contributed by atoms with Crippen LogP contribution in [0.15, 0.2) is 328 Å². The van der Waals surface area contributed by atoms with Crippen molar-refractivity contribution < 1.29 is 71.5 Å². The first kappa shape index (κ1) is 134. The van der Waals surface area contributed by atoms with Crippen LogP contribution in [0.25, 0.3) is 11.1 Å². The van der Waals surface area contributed by atoms with Crippen molar-refractivity contribution in [3.63, 3.8) is 0 Å². The molecule has 0 bridgehead atoms. The number of phenolic OH excluding ortho intramolecular Hbond substituents is 14. The summed E-state index contributed by atoms with van der Waals surface area (Å²) >= 11 is 5.84. The molecule has 14 nitrogen and oxygen atoms in total. The minimum absolute atomic E-state index is 0.216. The summed E-state index contributed by atoms with van der Waals surface area (Å²) < 4.78 is 0. The third-order valence-corrected chi connectivity index (χ3v) is 24.6. The Balaban J connectivity index is 0.000000808. The van der Waals surface area contributed by atoms with Gasteiger partial charge >= 0.3 is 0 Å². The van der Waals surface area contributed by atoms with Gasteiger partial charge in [-0.15, -0.1) is 0 Å².